The maximum absolute atomic E-state index is 6.92. The fourth-order valence-electron chi connectivity index (χ4n) is 8.40. The van der Waals surface area contributed by atoms with E-state index in [4.69, 9.17) is 4.42 Å². The lowest BCUT2D eigenvalue weighted by atomic mass is 9.81. The zero-order valence-electron chi connectivity index (χ0n) is 26.9. The summed E-state index contributed by atoms with van der Waals surface area (Å²) in [5.74, 6) is 0. The van der Waals surface area contributed by atoms with Gasteiger partial charge in [0.15, 0.2) is 0 Å². The van der Waals surface area contributed by atoms with Crippen LogP contribution >= 0.6 is 0 Å². The lowest BCUT2D eigenvalue weighted by Gasteiger charge is -2.22. The highest BCUT2D eigenvalue weighted by Crippen LogP contribution is 2.54. The van der Waals surface area contributed by atoms with E-state index in [0.29, 0.717) is 0 Å². The third kappa shape index (κ3) is 3.79. The summed E-state index contributed by atoms with van der Waals surface area (Å²) in [4.78, 5) is 0. The quantitative estimate of drug-likeness (QED) is 0.193. The predicted octanol–water partition coefficient (Wildman–Crippen LogP) is 13.2. The second kappa shape index (κ2) is 10.0. The summed E-state index contributed by atoms with van der Waals surface area (Å²) in [6.45, 7) is 4.72. The topological polar surface area (TPSA) is 13.1 Å². The van der Waals surface area contributed by atoms with Gasteiger partial charge in [0.25, 0.3) is 0 Å². The molecule has 48 heavy (non-hydrogen) atoms. The molecule has 0 saturated carbocycles. The van der Waals surface area contributed by atoms with Crippen molar-refractivity contribution < 1.29 is 4.42 Å². The Labute approximate surface area is 279 Å². The molecule has 1 aliphatic rings. The molecule has 1 heteroatoms. The van der Waals surface area contributed by atoms with Gasteiger partial charge < -0.3 is 4.42 Å². The SMILES string of the molecule is CC1(C)c2ccc(-c3c4ccccc4c(-c4ccc5ccccc5c4)c4c3oc3ccccc34)cc2-c2c(-c3ccccc3)cccc21. The van der Waals surface area contributed by atoms with Crippen LogP contribution in [0.5, 0.6) is 0 Å². The van der Waals surface area contributed by atoms with E-state index in [-0.39, 0.29) is 5.41 Å². The Morgan fingerprint density at radius 2 is 1.08 bits per heavy atom. The molecule has 0 spiro atoms. The molecule has 0 atom stereocenters. The molecule has 1 nitrogen and oxygen atoms in total. The van der Waals surface area contributed by atoms with Crippen LogP contribution in [0.25, 0.3) is 88.0 Å². The Balaban J connectivity index is 1.31. The minimum atomic E-state index is -0.106. The van der Waals surface area contributed by atoms with Crippen molar-refractivity contribution in [3.8, 4) is 44.5 Å². The van der Waals surface area contributed by atoms with E-state index >= 15 is 0 Å². The average Bonchev–Trinajstić information content (AvgIpc) is 3.62. The fourth-order valence-corrected chi connectivity index (χ4v) is 8.40. The van der Waals surface area contributed by atoms with Crippen LogP contribution in [0, 0.1) is 0 Å². The van der Waals surface area contributed by atoms with Crippen molar-refractivity contribution >= 4 is 43.5 Å². The van der Waals surface area contributed by atoms with Crippen molar-refractivity contribution in [1.29, 1.82) is 0 Å². The maximum Gasteiger partial charge on any atom is 0.144 e. The van der Waals surface area contributed by atoms with Gasteiger partial charge in [0.1, 0.15) is 11.2 Å². The molecule has 226 valence electrons. The number of hydrogen-bond acceptors (Lipinski definition) is 1. The summed E-state index contributed by atoms with van der Waals surface area (Å²) in [6.07, 6.45) is 0. The predicted molar refractivity (Wildman–Crippen MR) is 203 cm³/mol. The molecule has 0 amide bonds. The van der Waals surface area contributed by atoms with Gasteiger partial charge in [-0.05, 0) is 84.3 Å². The number of hydrogen-bond donors (Lipinski definition) is 0. The first-order valence-corrected chi connectivity index (χ1v) is 16.8. The van der Waals surface area contributed by atoms with Crippen molar-refractivity contribution in [3.63, 3.8) is 0 Å². The van der Waals surface area contributed by atoms with E-state index < -0.39 is 0 Å². The molecule has 0 unspecified atom stereocenters. The van der Waals surface area contributed by atoms with Gasteiger partial charge in [0.05, 0.1) is 0 Å². The van der Waals surface area contributed by atoms with Crippen molar-refractivity contribution in [1.82, 2.24) is 0 Å². The number of para-hydroxylation sites is 1. The molecule has 1 aliphatic carbocycles. The minimum Gasteiger partial charge on any atom is -0.455 e. The molecule has 1 heterocycles. The molecule has 1 aromatic heterocycles. The van der Waals surface area contributed by atoms with Crippen LogP contribution < -0.4 is 0 Å². The van der Waals surface area contributed by atoms with E-state index in [1.807, 2.05) is 0 Å². The van der Waals surface area contributed by atoms with Gasteiger partial charge >= 0.3 is 0 Å². The summed E-state index contributed by atoms with van der Waals surface area (Å²) in [6, 6.07) is 57.5. The Morgan fingerprint density at radius 3 is 1.92 bits per heavy atom. The standard InChI is InChI=1S/C47H32O/c1-47(2)39-26-25-33(28-38(39)44-34(20-12-21-40(44)47)30-14-4-3-5-15-30)43-36-18-9-8-17-35(36)42(32-24-23-29-13-6-7-16-31(29)27-32)45-37-19-10-11-22-41(37)48-46(43)45/h3-28H,1-2H3. The van der Waals surface area contributed by atoms with Gasteiger partial charge in [-0.3, -0.25) is 0 Å². The molecule has 0 saturated heterocycles. The molecule has 0 bridgehead atoms. The number of benzene rings is 8. The molecule has 0 fully saturated rings. The van der Waals surface area contributed by atoms with E-state index in [2.05, 4.69) is 172 Å². The van der Waals surface area contributed by atoms with Gasteiger partial charge in [-0.1, -0.05) is 153 Å². The van der Waals surface area contributed by atoms with Crippen molar-refractivity contribution in [2.45, 2.75) is 19.3 Å². The van der Waals surface area contributed by atoms with Crippen LogP contribution in [0.4, 0.5) is 0 Å². The van der Waals surface area contributed by atoms with Crippen LogP contribution in [0.1, 0.15) is 25.0 Å². The van der Waals surface area contributed by atoms with Crippen LogP contribution in [-0.2, 0) is 5.41 Å². The van der Waals surface area contributed by atoms with E-state index in [9.17, 15) is 0 Å². The summed E-state index contributed by atoms with van der Waals surface area (Å²) in [5.41, 5.74) is 14.4. The molecule has 0 aliphatic heterocycles. The lowest BCUT2D eigenvalue weighted by molar-refractivity contribution is 0.660. The van der Waals surface area contributed by atoms with Crippen molar-refractivity contribution in [2.75, 3.05) is 0 Å². The zero-order valence-corrected chi connectivity index (χ0v) is 26.9. The smallest absolute Gasteiger partial charge is 0.144 e. The van der Waals surface area contributed by atoms with Crippen LogP contribution in [0.3, 0.4) is 0 Å². The molecular formula is C47H32O. The summed E-state index contributed by atoms with van der Waals surface area (Å²) < 4.78 is 6.92. The first-order chi connectivity index (χ1) is 23.6. The largest absolute Gasteiger partial charge is 0.455 e. The highest BCUT2D eigenvalue weighted by molar-refractivity contribution is 6.27. The van der Waals surface area contributed by atoms with E-state index in [0.717, 1.165) is 22.1 Å². The normalized spacial score (nSPS) is 13.4. The highest BCUT2D eigenvalue weighted by atomic mass is 16.3. The second-order valence-electron chi connectivity index (χ2n) is 13.6. The maximum atomic E-state index is 6.92. The monoisotopic (exact) mass is 612 g/mol. The van der Waals surface area contributed by atoms with E-state index in [1.54, 1.807) is 0 Å². The molecular weight excluding hydrogens is 581 g/mol. The Hall–Kier alpha value is -5.92. The molecule has 8 aromatic carbocycles. The Kier molecular flexibility index (Phi) is 5.69. The highest BCUT2D eigenvalue weighted by Gasteiger charge is 2.37. The van der Waals surface area contributed by atoms with Gasteiger partial charge in [-0.15, -0.1) is 0 Å². The third-order valence-electron chi connectivity index (χ3n) is 10.6. The van der Waals surface area contributed by atoms with Crippen LogP contribution in [0.15, 0.2) is 162 Å². The molecule has 0 radical (unpaired) electrons. The molecule has 0 N–H and O–H groups in total. The first kappa shape index (κ1) is 27.2. The summed E-state index contributed by atoms with van der Waals surface area (Å²) >= 11 is 0. The van der Waals surface area contributed by atoms with Gasteiger partial charge in [-0.25, -0.2) is 0 Å². The van der Waals surface area contributed by atoms with Gasteiger partial charge in [-0.2, -0.15) is 0 Å². The Morgan fingerprint density at radius 1 is 0.417 bits per heavy atom. The summed E-state index contributed by atoms with van der Waals surface area (Å²) in [5, 5.41) is 7.21. The first-order valence-electron chi connectivity index (χ1n) is 16.8. The number of rotatable bonds is 3. The molecule has 9 aromatic rings. The average molecular weight is 613 g/mol. The number of furan rings is 1. The van der Waals surface area contributed by atoms with Crippen molar-refractivity contribution in [2.24, 2.45) is 0 Å². The fraction of sp³-hybridized carbons (Fsp3) is 0.0638. The van der Waals surface area contributed by atoms with Gasteiger partial charge in [0.2, 0.25) is 0 Å². The lowest BCUT2D eigenvalue weighted by Crippen LogP contribution is -2.14. The zero-order chi connectivity index (χ0) is 32.0. The van der Waals surface area contributed by atoms with Crippen LogP contribution in [0.2, 0.25) is 0 Å². The Bertz CT molecular complexity index is 2740. The third-order valence-corrected chi connectivity index (χ3v) is 10.6. The van der Waals surface area contributed by atoms with E-state index in [1.165, 1.54) is 77.0 Å². The second-order valence-corrected chi connectivity index (χ2v) is 13.6. The summed E-state index contributed by atoms with van der Waals surface area (Å²) in [7, 11) is 0. The van der Waals surface area contributed by atoms with Crippen LogP contribution in [-0.4, -0.2) is 0 Å². The minimum absolute atomic E-state index is 0.106. The molecule has 10 rings (SSSR count). The van der Waals surface area contributed by atoms with Crippen molar-refractivity contribution in [3.05, 3.63) is 169 Å². The number of fused-ring (bicyclic) bond motifs is 8. The van der Waals surface area contributed by atoms with Gasteiger partial charge in [0, 0.05) is 27.3 Å².